The Labute approximate surface area is 68.7 Å². The fourth-order valence-electron chi connectivity index (χ4n) is 1.27. The second kappa shape index (κ2) is 2.20. The van der Waals surface area contributed by atoms with Crippen LogP contribution in [-0.4, -0.2) is 28.1 Å². The molecule has 1 aromatic rings. The summed E-state index contributed by atoms with van der Waals surface area (Å²) in [5.41, 5.74) is 5.01. The predicted octanol–water partition coefficient (Wildman–Crippen LogP) is -1.33. The molecule has 0 aliphatic carbocycles. The van der Waals surface area contributed by atoms with Gasteiger partial charge in [0.05, 0.1) is 0 Å². The maximum atomic E-state index is 11.2. The van der Waals surface area contributed by atoms with Gasteiger partial charge in [0.25, 0.3) is 0 Å². The van der Waals surface area contributed by atoms with E-state index in [-0.39, 0.29) is 11.6 Å². The Kier molecular flexibility index (Phi) is 1.30. The van der Waals surface area contributed by atoms with Crippen LogP contribution in [0.5, 0.6) is 0 Å². The van der Waals surface area contributed by atoms with Crippen molar-refractivity contribution in [2.45, 2.75) is 6.54 Å². The number of anilines is 2. The van der Waals surface area contributed by atoms with Crippen LogP contribution in [0.1, 0.15) is 0 Å². The molecule has 0 spiro atoms. The van der Waals surface area contributed by atoms with Gasteiger partial charge in [0.2, 0.25) is 11.9 Å². The molecule has 0 bridgehead atoms. The van der Waals surface area contributed by atoms with Crippen molar-refractivity contribution in [3.8, 4) is 0 Å². The molecule has 2 heterocycles. The molecule has 64 valence electrons. The maximum absolute atomic E-state index is 11.2. The zero-order valence-corrected chi connectivity index (χ0v) is 6.69. The third-order valence-electron chi connectivity index (χ3n) is 1.90. The summed E-state index contributed by atoms with van der Waals surface area (Å²) in [4.78, 5) is 20.5. The van der Waals surface area contributed by atoms with E-state index < -0.39 is 0 Å². The minimum atomic E-state index is -0.318. The van der Waals surface area contributed by atoms with Gasteiger partial charge < -0.3 is 10.6 Å². The molecule has 1 aromatic heterocycles. The molecule has 0 saturated carbocycles. The Morgan fingerprint density at radius 3 is 2.92 bits per heavy atom. The van der Waals surface area contributed by atoms with Gasteiger partial charge in [-0.3, -0.25) is 4.57 Å². The Morgan fingerprint density at radius 2 is 2.17 bits per heavy atom. The zero-order chi connectivity index (χ0) is 8.72. The summed E-state index contributed by atoms with van der Waals surface area (Å²) in [5.74, 6) is 0.646. The van der Waals surface area contributed by atoms with Crippen LogP contribution < -0.4 is 16.3 Å². The summed E-state index contributed by atoms with van der Waals surface area (Å²) in [6.45, 7) is 1.43. The van der Waals surface area contributed by atoms with Crippen molar-refractivity contribution in [3.05, 3.63) is 10.5 Å². The average Bonchev–Trinajstić information content (AvgIpc) is 2.33. The first-order chi connectivity index (χ1) is 5.68. The van der Waals surface area contributed by atoms with E-state index in [2.05, 4.69) is 9.97 Å². The Bertz CT molecular complexity index is 371. The number of aromatic nitrogens is 3. The van der Waals surface area contributed by atoms with E-state index in [0.717, 1.165) is 6.54 Å². The first-order valence-electron chi connectivity index (χ1n) is 3.64. The maximum Gasteiger partial charge on any atom is 0.353 e. The lowest BCUT2D eigenvalue weighted by Gasteiger charge is -2.08. The van der Waals surface area contributed by atoms with E-state index in [4.69, 9.17) is 5.73 Å². The molecule has 6 heteroatoms. The molecule has 0 unspecified atom stereocenters. The van der Waals surface area contributed by atoms with E-state index >= 15 is 0 Å². The van der Waals surface area contributed by atoms with E-state index in [1.807, 2.05) is 11.9 Å². The van der Waals surface area contributed by atoms with Gasteiger partial charge in [-0.25, -0.2) is 4.79 Å². The molecular weight excluding hydrogens is 158 g/mol. The fraction of sp³-hybridized carbons (Fsp3) is 0.500. The highest BCUT2D eigenvalue weighted by molar-refractivity contribution is 5.36. The summed E-state index contributed by atoms with van der Waals surface area (Å²) in [6, 6.07) is 0. The Balaban J connectivity index is 2.68. The van der Waals surface area contributed by atoms with Crippen molar-refractivity contribution >= 4 is 11.9 Å². The quantitative estimate of drug-likeness (QED) is 0.518. The molecule has 0 radical (unpaired) electrons. The van der Waals surface area contributed by atoms with Crippen molar-refractivity contribution in [2.24, 2.45) is 0 Å². The first-order valence-corrected chi connectivity index (χ1v) is 3.64. The molecule has 12 heavy (non-hydrogen) atoms. The van der Waals surface area contributed by atoms with Crippen LogP contribution >= 0.6 is 0 Å². The van der Waals surface area contributed by atoms with Crippen LogP contribution in [0, 0.1) is 0 Å². The molecule has 2 N–H and O–H groups in total. The highest BCUT2D eigenvalue weighted by Crippen LogP contribution is 2.12. The predicted molar refractivity (Wildman–Crippen MR) is 44.0 cm³/mol. The Morgan fingerprint density at radius 1 is 1.42 bits per heavy atom. The van der Waals surface area contributed by atoms with Gasteiger partial charge in [-0.05, 0) is 0 Å². The molecule has 2 rings (SSSR count). The molecule has 1 aliphatic heterocycles. The average molecular weight is 167 g/mol. The van der Waals surface area contributed by atoms with Gasteiger partial charge in [-0.15, -0.1) is 0 Å². The lowest BCUT2D eigenvalue weighted by Crippen LogP contribution is -2.24. The number of nitrogens with zero attached hydrogens (tertiary/aromatic N) is 4. The monoisotopic (exact) mass is 167 g/mol. The summed E-state index contributed by atoms with van der Waals surface area (Å²) >= 11 is 0. The van der Waals surface area contributed by atoms with Crippen molar-refractivity contribution < 1.29 is 0 Å². The summed E-state index contributed by atoms with van der Waals surface area (Å²) in [5, 5.41) is 0. The molecular formula is C6H9N5O. The van der Waals surface area contributed by atoms with Crippen LogP contribution in [0.2, 0.25) is 0 Å². The van der Waals surface area contributed by atoms with Crippen LogP contribution in [0.3, 0.4) is 0 Å². The van der Waals surface area contributed by atoms with Crippen molar-refractivity contribution in [1.29, 1.82) is 0 Å². The number of likely N-dealkylation sites (N-methyl/N-ethyl adjacent to an activating group) is 1. The van der Waals surface area contributed by atoms with Crippen molar-refractivity contribution in [2.75, 3.05) is 24.2 Å². The molecule has 0 fully saturated rings. The molecule has 0 atom stereocenters. The van der Waals surface area contributed by atoms with Gasteiger partial charge in [0.1, 0.15) is 0 Å². The highest BCUT2D eigenvalue weighted by Gasteiger charge is 2.18. The van der Waals surface area contributed by atoms with Crippen LogP contribution in [-0.2, 0) is 6.54 Å². The lowest BCUT2D eigenvalue weighted by molar-refractivity contribution is 0.727. The Hall–Kier alpha value is -1.59. The number of rotatable bonds is 0. The van der Waals surface area contributed by atoms with Gasteiger partial charge in [-0.2, -0.15) is 9.97 Å². The largest absolute Gasteiger partial charge is 0.368 e. The van der Waals surface area contributed by atoms with Crippen LogP contribution in [0.25, 0.3) is 0 Å². The second-order valence-corrected chi connectivity index (χ2v) is 2.74. The van der Waals surface area contributed by atoms with E-state index in [1.165, 1.54) is 4.57 Å². The van der Waals surface area contributed by atoms with Crippen LogP contribution in [0.4, 0.5) is 11.9 Å². The van der Waals surface area contributed by atoms with Gasteiger partial charge >= 0.3 is 5.69 Å². The third kappa shape index (κ3) is 0.843. The first kappa shape index (κ1) is 7.08. The fourth-order valence-corrected chi connectivity index (χ4v) is 1.27. The number of nitrogen functional groups attached to an aromatic ring is 1. The summed E-state index contributed by atoms with van der Waals surface area (Å²) in [7, 11) is 1.87. The SMILES string of the molecule is CN1CCn2c1nc(N)nc2=O. The topological polar surface area (TPSA) is 77.0 Å². The molecule has 6 nitrogen and oxygen atoms in total. The smallest absolute Gasteiger partial charge is 0.353 e. The van der Waals surface area contributed by atoms with Crippen molar-refractivity contribution in [3.63, 3.8) is 0 Å². The third-order valence-corrected chi connectivity index (χ3v) is 1.90. The molecule has 0 saturated heterocycles. The highest BCUT2D eigenvalue weighted by atomic mass is 16.1. The lowest BCUT2D eigenvalue weighted by atomic mass is 10.6. The van der Waals surface area contributed by atoms with Gasteiger partial charge in [-0.1, -0.05) is 0 Å². The zero-order valence-electron chi connectivity index (χ0n) is 6.69. The second-order valence-electron chi connectivity index (χ2n) is 2.74. The number of hydrogen-bond donors (Lipinski definition) is 1. The number of hydrogen-bond acceptors (Lipinski definition) is 5. The normalized spacial score (nSPS) is 14.9. The number of nitrogens with two attached hydrogens (primary N) is 1. The van der Waals surface area contributed by atoms with Crippen LogP contribution in [0.15, 0.2) is 4.79 Å². The van der Waals surface area contributed by atoms with Gasteiger partial charge in [0, 0.05) is 20.1 Å². The molecule has 0 aromatic carbocycles. The minimum Gasteiger partial charge on any atom is -0.368 e. The van der Waals surface area contributed by atoms with Gasteiger partial charge in [0.15, 0.2) is 0 Å². The molecule has 1 aliphatic rings. The summed E-state index contributed by atoms with van der Waals surface area (Å²) in [6.07, 6.45) is 0. The van der Waals surface area contributed by atoms with Crippen molar-refractivity contribution in [1.82, 2.24) is 14.5 Å². The van der Waals surface area contributed by atoms with E-state index in [0.29, 0.717) is 12.5 Å². The molecule has 0 amide bonds. The standard InChI is InChI=1S/C6H9N5O/c1-10-2-3-11-5(10)8-4(7)9-6(11)12/h2-3H2,1H3,(H2,7,9,12). The minimum absolute atomic E-state index is 0.0417. The number of fused-ring (bicyclic) bond motifs is 1. The van der Waals surface area contributed by atoms with E-state index in [1.54, 1.807) is 0 Å². The van der Waals surface area contributed by atoms with E-state index in [9.17, 15) is 4.79 Å². The summed E-state index contributed by atoms with van der Waals surface area (Å²) < 4.78 is 1.51.